The molecule has 0 aliphatic carbocycles. The lowest BCUT2D eigenvalue weighted by atomic mass is 10.0. The molecule has 1 atom stereocenters. The predicted octanol–water partition coefficient (Wildman–Crippen LogP) is 1.03. The highest BCUT2D eigenvalue weighted by molar-refractivity contribution is 5.92. The van der Waals surface area contributed by atoms with Gasteiger partial charge in [0.25, 0.3) is 0 Å². The molecule has 2 amide bonds. The quantitative estimate of drug-likeness (QED) is 0.473. The summed E-state index contributed by atoms with van der Waals surface area (Å²) in [5.41, 5.74) is 2.73. The summed E-state index contributed by atoms with van der Waals surface area (Å²) in [6.45, 7) is 3.27. The van der Waals surface area contributed by atoms with E-state index in [0.717, 1.165) is 19.4 Å². The van der Waals surface area contributed by atoms with Crippen LogP contribution in [-0.2, 0) is 11.3 Å². The molecule has 104 valence electrons. The highest BCUT2D eigenvalue weighted by Gasteiger charge is 2.30. The normalized spacial score (nSPS) is 18.9. The Bertz CT molecular complexity index is 469. The molecular formula is C13H19N3O3. The molecule has 1 unspecified atom stereocenters. The van der Waals surface area contributed by atoms with E-state index in [1.807, 2.05) is 5.43 Å². The number of hydrogen-bond acceptors (Lipinski definition) is 4. The molecule has 1 aliphatic rings. The second-order valence-corrected chi connectivity index (χ2v) is 4.88. The summed E-state index contributed by atoms with van der Waals surface area (Å²) in [6.07, 6.45) is 4.18. The molecule has 3 N–H and O–H groups in total. The first-order valence-electron chi connectivity index (χ1n) is 6.50. The number of rotatable bonds is 5. The maximum absolute atomic E-state index is 11.9. The van der Waals surface area contributed by atoms with Crippen molar-refractivity contribution in [3.8, 4) is 0 Å². The van der Waals surface area contributed by atoms with E-state index >= 15 is 0 Å². The van der Waals surface area contributed by atoms with Crippen molar-refractivity contribution in [1.82, 2.24) is 10.3 Å². The number of nitrogens with two attached hydrogens (primary N) is 1. The monoisotopic (exact) mass is 265 g/mol. The van der Waals surface area contributed by atoms with Gasteiger partial charge in [-0.2, -0.15) is 0 Å². The Morgan fingerprint density at radius 1 is 1.63 bits per heavy atom. The molecule has 1 aromatic rings. The Kier molecular flexibility index (Phi) is 4.21. The smallest absolute Gasteiger partial charge is 0.301 e. The summed E-state index contributed by atoms with van der Waals surface area (Å²) in [7, 11) is 0. The van der Waals surface area contributed by atoms with Crippen molar-refractivity contribution in [2.45, 2.75) is 32.7 Å². The van der Waals surface area contributed by atoms with E-state index in [4.69, 9.17) is 10.3 Å². The summed E-state index contributed by atoms with van der Waals surface area (Å²) in [5.74, 6) is 5.35. The molecule has 1 aliphatic heterocycles. The highest BCUT2D eigenvalue weighted by Crippen LogP contribution is 2.24. The third kappa shape index (κ3) is 2.96. The zero-order chi connectivity index (χ0) is 13.8. The molecule has 1 saturated heterocycles. The lowest BCUT2D eigenvalue weighted by Crippen LogP contribution is -2.31. The predicted molar refractivity (Wildman–Crippen MR) is 68.8 cm³/mol. The van der Waals surface area contributed by atoms with Gasteiger partial charge in [-0.05, 0) is 18.4 Å². The number of hydrogen-bond donors (Lipinski definition) is 2. The van der Waals surface area contributed by atoms with E-state index in [1.165, 1.54) is 6.26 Å². The molecule has 0 bridgehead atoms. The van der Waals surface area contributed by atoms with Crippen LogP contribution in [0, 0.1) is 5.92 Å². The number of carbonyl (C=O) groups is 2. The van der Waals surface area contributed by atoms with Gasteiger partial charge in [0, 0.05) is 25.1 Å². The van der Waals surface area contributed by atoms with Crippen LogP contribution in [0.1, 0.15) is 42.3 Å². The van der Waals surface area contributed by atoms with Crippen LogP contribution < -0.4 is 11.3 Å². The lowest BCUT2D eigenvalue weighted by molar-refractivity contribution is -0.128. The summed E-state index contributed by atoms with van der Waals surface area (Å²) < 4.78 is 5.11. The number of amides is 2. The van der Waals surface area contributed by atoms with Gasteiger partial charge in [0.1, 0.15) is 0 Å². The van der Waals surface area contributed by atoms with Crippen molar-refractivity contribution in [2.75, 3.05) is 6.54 Å². The molecule has 0 aromatic carbocycles. The minimum atomic E-state index is -0.475. The van der Waals surface area contributed by atoms with E-state index in [9.17, 15) is 9.59 Å². The molecule has 2 heterocycles. The van der Waals surface area contributed by atoms with Gasteiger partial charge in [-0.25, -0.2) is 5.84 Å². The average Bonchev–Trinajstić information content (AvgIpc) is 2.97. The zero-order valence-electron chi connectivity index (χ0n) is 11.0. The van der Waals surface area contributed by atoms with E-state index in [2.05, 4.69) is 6.92 Å². The zero-order valence-corrected chi connectivity index (χ0v) is 11.0. The number of nitrogen functional groups attached to an aromatic ring is 1. The Morgan fingerprint density at radius 3 is 3.11 bits per heavy atom. The van der Waals surface area contributed by atoms with Crippen molar-refractivity contribution in [3.05, 3.63) is 23.7 Å². The number of carbonyl (C=O) groups excluding carboxylic acids is 2. The van der Waals surface area contributed by atoms with Crippen molar-refractivity contribution in [3.63, 3.8) is 0 Å². The van der Waals surface area contributed by atoms with E-state index in [-0.39, 0.29) is 11.7 Å². The Balaban J connectivity index is 2.04. The number of likely N-dealkylation sites (tertiary alicyclic amines) is 1. The van der Waals surface area contributed by atoms with Crippen LogP contribution in [0.4, 0.5) is 0 Å². The van der Waals surface area contributed by atoms with Crippen LogP contribution in [0.2, 0.25) is 0 Å². The minimum Gasteiger partial charge on any atom is -0.459 e. The van der Waals surface area contributed by atoms with Crippen LogP contribution in [0.25, 0.3) is 0 Å². The van der Waals surface area contributed by atoms with Gasteiger partial charge in [-0.1, -0.05) is 13.3 Å². The van der Waals surface area contributed by atoms with Gasteiger partial charge >= 0.3 is 5.91 Å². The van der Waals surface area contributed by atoms with Gasteiger partial charge in [0.2, 0.25) is 5.91 Å². The van der Waals surface area contributed by atoms with Crippen LogP contribution in [0.3, 0.4) is 0 Å². The number of nitrogens with zero attached hydrogens (tertiary/aromatic N) is 1. The van der Waals surface area contributed by atoms with Crippen molar-refractivity contribution < 1.29 is 14.0 Å². The van der Waals surface area contributed by atoms with Crippen LogP contribution >= 0.6 is 0 Å². The number of furan rings is 1. The van der Waals surface area contributed by atoms with Crippen LogP contribution in [-0.4, -0.2) is 23.3 Å². The Labute approximate surface area is 111 Å². The molecular weight excluding hydrogens is 246 g/mol. The van der Waals surface area contributed by atoms with Gasteiger partial charge in [-0.15, -0.1) is 0 Å². The maximum atomic E-state index is 11.9. The van der Waals surface area contributed by atoms with Crippen molar-refractivity contribution >= 4 is 11.8 Å². The first kappa shape index (κ1) is 13.6. The van der Waals surface area contributed by atoms with E-state index in [0.29, 0.717) is 24.4 Å². The first-order chi connectivity index (χ1) is 9.15. The molecule has 0 saturated carbocycles. The molecule has 0 radical (unpaired) electrons. The van der Waals surface area contributed by atoms with Gasteiger partial charge < -0.3 is 9.32 Å². The van der Waals surface area contributed by atoms with E-state index in [1.54, 1.807) is 11.0 Å². The second-order valence-electron chi connectivity index (χ2n) is 4.88. The molecule has 19 heavy (non-hydrogen) atoms. The first-order valence-corrected chi connectivity index (χ1v) is 6.50. The topological polar surface area (TPSA) is 88.6 Å². The fraction of sp³-hybridized carbons (Fsp3) is 0.538. The third-order valence-electron chi connectivity index (χ3n) is 3.44. The molecule has 1 fully saturated rings. The largest absolute Gasteiger partial charge is 0.459 e. The fourth-order valence-corrected chi connectivity index (χ4v) is 2.54. The SMILES string of the molecule is CCCC1CC(=O)N(Cc2ccoc2C(=O)NN)C1. The highest BCUT2D eigenvalue weighted by atomic mass is 16.3. The Morgan fingerprint density at radius 2 is 2.42 bits per heavy atom. The third-order valence-corrected chi connectivity index (χ3v) is 3.44. The van der Waals surface area contributed by atoms with Crippen molar-refractivity contribution in [1.29, 1.82) is 0 Å². The average molecular weight is 265 g/mol. The molecule has 1 aromatic heterocycles. The van der Waals surface area contributed by atoms with Crippen LogP contribution in [0.15, 0.2) is 16.7 Å². The summed E-state index contributed by atoms with van der Waals surface area (Å²) in [4.78, 5) is 25.2. The summed E-state index contributed by atoms with van der Waals surface area (Å²) >= 11 is 0. The van der Waals surface area contributed by atoms with Gasteiger partial charge in [0.15, 0.2) is 5.76 Å². The molecule has 2 rings (SSSR count). The van der Waals surface area contributed by atoms with Gasteiger partial charge in [0.05, 0.1) is 6.26 Å². The number of hydrazine groups is 1. The minimum absolute atomic E-state index is 0.138. The molecule has 6 nitrogen and oxygen atoms in total. The second kappa shape index (κ2) is 5.88. The summed E-state index contributed by atoms with van der Waals surface area (Å²) in [6, 6.07) is 1.70. The molecule has 6 heteroatoms. The lowest BCUT2D eigenvalue weighted by Gasteiger charge is -2.16. The standard InChI is InChI=1S/C13H19N3O3/c1-2-3-9-6-11(17)16(7-9)8-10-4-5-19-12(10)13(18)15-14/h4-5,9H,2-3,6-8,14H2,1H3,(H,15,18). The summed E-state index contributed by atoms with van der Waals surface area (Å²) in [5, 5.41) is 0. The number of nitrogens with one attached hydrogen (secondary N) is 1. The maximum Gasteiger partial charge on any atom is 0.301 e. The molecule has 0 spiro atoms. The van der Waals surface area contributed by atoms with Gasteiger partial charge in [-0.3, -0.25) is 15.0 Å². The van der Waals surface area contributed by atoms with Crippen molar-refractivity contribution in [2.24, 2.45) is 11.8 Å². The van der Waals surface area contributed by atoms with E-state index < -0.39 is 5.91 Å². The van der Waals surface area contributed by atoms with Crippen LogP contribution in [0.5, 0.6) is 0 Å². The fourth-order valence-electron chi connectivity index (χ4n) is 2.54. The Hall–Kier alpha value is -1.82.